The van der Waals surface area contributed by atoms with Crippen LogP contribution in [0.4, 0.5) is 26.3 Å². The SMILES string of the molecule is O=C(O)C(F)(F)F.O=C(O)C(F)(F)F.c1cc(CN2CCCn3nnc(COCCN4CCCC4)c3C2)co1. The number of aromatic nitrogens is 3. The number of hydrogen-bond donors (Lipinski definition) is 2. The van der Waals surface area contributed by atoms with E-state index >= 15 is 0 Å². The van der Waals surface area contributed by atoms with Gasteiger partial charge in [0.15, 0.2) is 0 Å². The van der Waals surface area contributed by atoms with Crippen molar-refractivity contribution < 1.29 is 55.3 Å². The summed E-state index contributed by atoms with van der Waals surface area (Å²) in [5.74, 6) is -5.51. The summed E-state index contributed by atoms with van der Waals surface area (Å²) in [6.45, 7) is 8.53. The standard InChI is InChI=1S/C18H27N5O2.2C2HF3O2/c1-2-6-21(5-1)9-11-25-15-17-18-13-22(12-16-4-10-24-14-16)7-3-8-23(18)20-19-17;2*3-2(4,5)1(6)7/h4,10,14H,1-3,5-9,11-13,15H2;2*(H,6,7). The quantitative estimate of drug-likeness (QED) is 0.376. The average molecular weight is 573 g/mol. The van der Waals surface area contributed by atoms with Crippen molar-refractivity contribution in [2.45, 2.75) is 57.9 Å². The van der Waals surface area contributed by atoms with E-state index in [0.29, 0.717) is 6.61 Å². The number of alkyl halides is 6. The topological polar surface area (TPSA) is 134 Å². The molecule has 4 heterocycles. The Hall–Kier alpha value is -3.18. The van der Waals surface area contributed by atoms with Crippen LogP contribution in [-0.4, -0.2) is 92.1 Å². The molecule has 2 aliphatic rings. The third-order valence-electron chi connectivity index (χ3n) is 5.60. The highest BCUT2D eigenvalue weighted by molar-refractivity contribution is 5.73. The van der Waals surface area contributed by atoms with Crippen molar-refractivity contribution >= 4 is 11.9 Å². The molecule has 0 spiro atoms. The van der Waals surface area contributed by atoms with E-state index in [9.17, 15) is 26.3 Å². The van der Waals surface area contributed by atoms with Gasteiger partial charge in [-0.3, -0.25) is 4.90 Å². The van der Waals surface area contributed by atoms with Crippen LogP contribution in [-0.2, 0) is 40.6 Å². The summed E-state index contributed by atoms with van der Waals surface area (Å²) >= 11 is 0. The molecule has 2 aromatic heterocycles. The Morgan fingerprint density at radius 3 is 2.08 bits per heavy atom. The number of furan rings is 1. The van der Waals surface area contributed by atoms with Gasteiger partial charge in [-0.1, -0.05) is 5.21 Å². The first kappa shape index (κ1) is 32.0. The zero-order valence-electron chi connectivity index (χ0n) is 20.7. The van der Waals surface area contributed by atoms with Crippen molar-refractivity contribution in [1.82, 2.24) is 24.8 Å². The molecule has 2 aromatic rings. The second-order valence-corrected chi connectivity index (χ2v) is 8.61. The molecule has 220 valence electrons. The van der Waals surface area contributed by atoms with Crippen LogP contribution in [0.2, 0.25) is 0 Å². The number of hydrogen-bond acceptors (Lipinski definition) is 8. The molecule has 17 heteroatoms. The Morgan fingerprint density at radius 2 is 1.54 bits per heavy atom. The smallest absolute Gasteiger partial charge is 0.475 e. The molecule has 1 saturated heterocycles. The van der Waals surface area contributed by atoms with E-state index in [0.717, 1.165) is 51.4 Å². The van der Waals surface area contributed by atoms with Gasteiger partial charge in [-0.25, -0.2) is 14.3 Å². The van der Waals surface area contributed by atoms with Gasteiger partial charge in [-0.2, -0.15) is 26.3 Å². The van der Waals surface area contributed by atoms with Gasteiger partial charge in [0, 0.05) is 38.3 Å². The molecule has 0 atom stereocenters. The van der Waals surface area contributed by atoms with Crippen LogP contribution in [0.1, 0.15) is 36.2 Å². The third kappa shape index (κ3) is 11.6. The van der Waals surface area contributed by atoms with E-state index in [4.69, 9.17) is 29.0 Å². The van der Waals surface area contributed by atoms with Gasteiger partial charge < -0.3 is 24.3 Å². The number of carboxylic acids is 2. The molecule has 0 unspecified atom stereocenters. The largest absolute Gasteiger partial charge is 0.490 e. The van der Waals surface area contributed by atoms with Gasteiger partial charge in [0.25, 0.3) is 0 Å². The van der Waals surface area contributed by atoms with E-state index in [1.165, 1.54) is 37.2 Å². The molecular formula is C22H29F6N5O6. The van der Waals surface area contributed by atoms with Crippen molar-refractivity contribution in [2.75, 3.05) is 32.8 Å². The van der Waals surface area contributed by atoms with Crippen molar-refractivity contribution in [3.8, 4) is 0 Å². The third-order valence-corrected chi connectivity index (χ3v) is 5.60. The number of aliphatic carboxylic acids is 2. The van der Waals surface area contributed by atoms with Gasteiger partial charge in [0.2, 0.25) is 0 Å². The molecule has 1 fully saturated rings. The fraction of sp³-hybridized carbons (Fsp3) is 0.636. The fourth-order valence-electron chi connectivity index (χ4n) is 3.71. The predicted octanol–water partition coefficient (Wildman–Crippen LogP) is 3.16. The number of nitrogens with zero attached hydrogens (tertiary/aromatic N) is 5. The molecule has 11 nitrogen and oxygen atoms in total. The summed E-state index contributed by atoms with van der Waals surface area (Å²) in [6, 6.07) is 2.03. The molecule has 0 bridgehead atoms. The van der Waals surface area contributed by atoms with Crippen LogP contribution in [0.5, 0.6) is 0 Å². The van der Waals surface area contributed by atoms with E-state index in [1.54, 1.807) is 6.26 Å². The van der Waals surface area contributed by atoms with Crippen molar-refractivity contribution in [1.29, 1.82) is 0 Å². The fourth-order valence-corrected chi connectivity index (χ4v) is 3.71. The zero-order valence-corrected chi connectivity index (χ0v) is 20.7. The first-order valence-electron chi connectivity index (χ1n) is 11.8. The van der Waals surface area contributed by atoms with Gasteiger partial charge in [0.1, 0.15) is 5.69 Å². The van der Waals surface area contributed by atoms with Gasteiger partial charge in [-0.15, -0.1) is 5.10 Å². The maximum Gasteiger partial charge on any atom is 0.490 e. The summed E-state index contributed by atoms with van der Waals surface area (Å²) in [4.78, 5) is 22.7. The average Bonchev–Trinajstić information content (AvgIpc) is 3.59. The maximum absolute atomic E-state index is 10.6. The molecule has 0 amide bonds. The van der Waals surface area contributed by atoms with Gasteiger partial charge in [-0.05, 0) is 38.4 Å². The number of ether oxygens (including phenoxy) is 1. The number of halogens is 6. The number of aryl methyl sites for hydroxylation is 1. The number of fused-ring (bicyclic) bond motifs is 1. The lowest BCUT2D eigenvalue weighted by molar-refractivity contribution is -0.193. The Balaban J connectivity index is 0.000000317. The van der Waals surface area contributed by atoms with E-state index in [2.05, 4.69) is 24.8 Å². The summed E-state index contributed by atoms with van der Waals surface area (Å²) in [5, 5.41) is 23.0. The number of likely N-dealkylation sites (tertiary alicyclic amines) is 1. The lowest BCUT2D eigenvalue weighted by Gasteiger charge is -2.19. The van der Waals surface area contributed by atoms with Crippen molar-refractivity contribution in [3.63, 3.8) is 0 Å². The first-order chi connectivity index (χ1) is 18.3. The summed E-state index contributed by atoms with van der Waals surface area (Å²) < 4.78 is 76.6. The Bertz CT molecular complexity index is 998. The zero-order chi connectivity index (χ0) is 29.1. The maximum atomic E-state index is 10.6. The Kier molecular flexibility index (Phi) is 12.2. The van der Waals surface area contributed by atoms with E-state index in [-0.39, 0.29) is 0 Å². The first-order valence-corrected chi connectivity index (χ1v) is 11.8. The molecule has 2 N–H and O–H groups in total. The monoisotopic (exact) mass is 573 g/mol. The molecule has 39 heavy (non-hydrogen) atoms. The van der Waals surface area contributed by atoms with Crippen LogP contribution in [0, 0.1) is 0 Å². The minimum Gasteiger partial charge on any atom is -0.475 e. The van der Waals surface area contributed by atoms with Crippen LogP contribution in [0.15, 0.2) is 23.0 Å². The molecule has 0 aromatic carbocycles. The Morgan fingerprint density at radius 1 is 0.949 bits per heavy atom. The van der Waals surface area contributed by atoms with E-state index < -0.39 is 24.3 Å². The molecular weight excluding hydrogens is 544 g/mol. The minimum absolute atomic E-state index is 0.558. The normalized spacial score (nSPS) is 16.4. The molecule has 0 aliphatic carbocycles. The lowest BCUT2D eigenvalue weighted by Crippen LogP contribution is -2.24. The highest BCUT2D eigenvalue weighted by Crippen LogP contribution is 2.18. The van der Waals surface area contributed by atoms with Gasteiger partial charge in [0.05, 0.1) is 31.4 Å². The van der Waals surface area contributed by atoms with Crippen LogP contribution < -0.4 is 0 Å². The Labute approximate surface area is 218 Å². The van der Waals surface area contributed by atoms with Crippen molar-refractivity contribution in [3.05, 3.63) is 35.5 Å². The molecule has 0 saturated carbocycles. The van der Waals surface area contributed by atoms with Gasteiger partial charge >= 0.3 is 24.3 Å². The van der Waals surface area contributed by atoms with E-state index in [1.807, 2.05) is 12.3 Å². The lowest BCUT2D eigenvalue weighted by atomic mass is 10.2. The molecule has 0 radical (unpaired) electrons. The van der Waals surface area contributed by atoms with Crippen LogP contribution in [0.3, 0.4) is 0 Å². The highest BCUT2D eigenvalue weighted by Gasteiger charge is 2.38. The molecule has 2 aliphatic heterocycles. The summed E-state index contributed by atoms with van der Waals surface area (Å²) in [5.41, 5.74) is 3.40. The number of carboxylic acid groups (broad SMARTS) is 2. The van der Waals surface area contributed by atoms with Crippen molar-refractivity contribution in [2.24, 2.45) is 0 Å². The van der Waals surface area contributed by atoms with Crippen LogP contribution in [0.25, 0.3) is 0 Å². The summed E-state index contributed by atoms with van der Waals surface area (Å²) in [6.07, 6.45) is -2.87. The predicted molar refractivity (Wildman–Crippen MR) is 120 cm³/mol. The molecule has 4 rings (SSSR count). The minimum atomic E-state index is -5.08. The second kappa shape index (κ2) is 14.8. The number of carbonyl (C=O) groups is 2. The second-order valence-electron chi connectivity index (χ2n) is 8.61. The highest BCUT2D eigenvalue weighted by atomic mass is 19.4. The number of rotatable bonds is 7. The van der Waals surface area contributed by atoms with Crippen LogP contribution >= 0.6 is 0 Å². The summed E-state index contributed by atoms with van der Waals surface area (Å²) in [7, 11) is 0.